The molecule has 0 spiro atoms. The average Bonchev–Trinajstić information content (AvgIpc) is 2.82. The molecule has 5 heteroatoms. The minimum atomic E-state index is 0.707. The summed E-state index contributed by atoms with van der Waals surface area (Å²) in [6, 6.07) is 7.91. The summed E-state index contributed by atoms with van der Waals surface area (Å²) in [6.07, 6.45) is 2.52. The van der Waals surface area contributed by atoms with Crippen molar-refractivity contribution in [1.82, 2.24) is 20.1 Å². The number of rotatable bonds is 5. The number of aryl methyl sites for hydroxylation is 2. The first-order chi connectivity index (χ1) is 9.19. The van der Waals surface area contributed by atoms with Gasteiger partial charge in [0.15, 0.2) is 5.82 Å². The van der Waals surface area contributed by atoms with Gasteiger partial charge in [0.05, 0.1) is 11.6 Å². The maximum Gasteiger partial charge on any atom is 0.151 e. The summed E-state index contributed by atoms with van der Waals surface area (Å²) in [5, 5.41) is 16.4. The van der Waals surface area contributed by atoms with Crippen molar-refractivity contribution >= 4 is 0 Å². The lowest BCUT2D eigenvalue weighted by Gasteiger charge is -2.07. The molecule has 1 aromatic carbocycles. The van der Waals surface area contributed by atoms with Crippen LogP contribution in [-0.4, -0.2) is 21.3 Å². The molecule has 0 saturated carbocycles. The molecule has 2 rings (SSSR count). The first-order valence-electron chi connectivity index (χ1n) is 6.24. The second-order valence-electron chi connectivity index (χ2n) is 4.51. The Labute approximate surface area is 112 Å². The Morgan fingerprint density at radius 2 is 2.26 bits per heavy atom. The third-order valence-corrected chi connectivity index (χ3v) is 2.96. The van der Waals surface area contributed by atoms with Crippen LogP contribution in [0.2, 0.25) is 0 Å². The lowest BCUT2D eigenvalue weighted by atomic mass is 10.1. The molecule has 1 heterocycles. The van der Waals surface area contributed by atoms with Crippen LogP contribution >= 0.6 is 0 Å². The maximum atomic E-state index is 8.81. The Morgan fingerprint density at radius 1 is 1.42 bits per heavy atom. The molecule has 1 aromatic heterocycles. The quantitative estimate of drug-likeness (QED) is 0.818. The van der Waals surface area contributed by atoms with Crippen molar-refractivity contribution in [3.63, 3.8) is 0 Å². The standard InChI is InChI=1S/C14H17N5/c1-11-7-12(8-15)3-4-13(11)9-16-6-5-14-17-10-19(2)18-14/h3-4,7,10,16H,5-6,9H2,1-2H3. The largest absolute Gasteiger partial charge is 0.312 e. The monoisotopic (exact) mass is 255 g/mol. The fraction of sp³-hybridized carbons (Fsp3) is 0.357. The van der Waals surface area contributed by atoms with Gasteiger partial charge in [-0.3, -0.25) is 4.68 Å². The van der Waals surface area contributed by atoms with Crippen LogP contribution in [0.4, 0.5) is 0 Å². The summed E-state index contributed by atoms with van der Waals surface area (Å²) in [5.41, 5.74) is 3.06. The molecule has 0 atom stereocenters. The number of nitrogens with zero attached hydrogens (tertiary/aromatic N) is 4. The van der Waals surface area contributed by atoms with Crippen LogP contribution in [-0.2, 0) is 20.0 Å². The molecule has 5 nitrogen and oxygen atoms in total. The second-order valence-corrected chi connectivity index (χ2v) is 4.51. The fourth-order valence-corrected chi connectivity index (χ4v) is 1.89. The van der Waals surface area contributed by atoms with Gasteiger partial charge in [0.1, 0.15) is 6.33 Å². The van der Waals surface area contributed by atoms with Crippen LogP contribution < -0.4 is 5.32 Å². The summed E-state index contributed by atoms with van der Waals surface area (Å²) in [5.74, 6) is 0.853. The van der Waals surface area contributed by atoms with Crippen LogP contribution in [0, 0.1) is 18.3 Å². The van der Waals surface area contributed by atoms with E-state index in [1.807, 2.05) is 32.2 Å². The third kappa shape index (κ3) is 3.63. The Hall–Kier alpha value is -2.19. The minimum absolute atomic E-state index is 0.707. The lowest BCUT2D eigenvalue weighted by molar-refractivity contribution is 0.659. The van der Waals surface area contributed by atoms with Crippen molar-refractivity contribution in [2.24, 2.45) is 7.05 Å². The molecule has 19 heavy (non-hydrogen) atoms. The van der Waals surface area contributed by atoms with Crippen LogP contribution in [0.5, 0.6) is 0 Å². The highest BCUT2D eigenvalue weighted by Crippen LogP contribution is 2.10. The number of hydrogen-bond donors (Lipinski definition) is 1. The molecule has 0 radical (unpaired) electrons. The van der Waals surface area contributed by atoms with Crippen molar-refractivity contribution in [1.29, 1.82) is 5.26 Å². The number of hydrogen-bond acceptors (Lipinski definition) is 4. The topological polar surface area (TPSA) is 66.5 Å². The molecular formula is C14H17N5. The van der Waals surface area contributed by atoms with Gasteiger partial charge in [0.25, 0.3) is 0 Å². The zero-order chi connectivity index (χ0) is 13.7. The Kier molecular flexibility index (Phi) is 4.26. The highest BCUT2D eigenvalue weighted by molar-refractivity contribution is 5.37. The van der Waals surface area contributed by atoms with E-state index in [0.717, 1.165) is 30.9 Å². The van der Waals surface area contributed by atoms with Crippen molar-refractivity contribution in [2.75, 3.05) is 6.54 Å². The highest BCUT2D eigenvalue weighted by Gasteiger charge is 2.01. The Morgan fingerprint density at radius 3 is 2.89 bits per heavy atom. The van der Waals surface area contributed by atoms with E-state index in [2.05, 4.69) is 21.5 Å². The first-order valence-corrected chi connectivity index (χ1v) is 6.24. The Balaban J connectivity index is 1.81. The number of nitrogens with one attached hydrogen (secondary N) is 1. The normalized spacial score (nSPS) is 10.4. The number of nitriles is 1. The summed E-state index contributed by atoms with van der Waals surface area (Å²) in [4.78, 5) is 4.18. The van der Waals surface area contributed by atoms with E-state index in [1.54, 1.807) is 11.0 Å². The zero-order valence-electron chi connectivity index (χ0n) is 11.2. The molecule has 1 N–H and O–H groups in total. The summed E-state index contributed by atoms with van der Waals surface area (Å²) < 4.78 is 1.71. The van der Waals surface area contributed by atoms with Gasteiger partial charge in [-0.2, -0.15) is 10.4 Å². The van der Waals surface area contributed by atoms with E-state index in [9.17, 15) is 0 Å². The fourth-order valence-electron chi connectivity index (χ4n) is 1.89. The van der Waals surface area contributed by atoms with Crippen LogP contribution in [0.3, 0.4) is 0 Å². The third-order valence-electron chi connectivity index (χ3n) is 2.96. The molecule has 2 aromatic rings. The second kappa shape index (κ2) is 6.12. The molecule has 0 unspecified atom stereocenters. The van der Waals surface area contributed by atoms with Crippen LogP contribution in [0.25, 0.3) is 0 Å². The minimum Gasteiger partial charge on any atom is -0.312 e. The van der Waals surface area contributed by atoms with Gasteiger partial charge in [-0.25, -0.2) is 4.98 Å². The van der Waals surface area contributed by atoms with Gasteiger partial charge in [-0.1, -0.05) is 6.07 Å². The average molecular weight is 255 g/mol. The predicted molar refractivity (Wildman–Crippen MR) is 72.3 cm³/mol. The highest BCUT2D eigenvalue weighted by atomic mass is 15.3. The molecule has 0 fully saturated rings. The molecule has 0 aliphatic rings. The molecule has 0 amide bonds. The van der Waals surface area contributed by atoms with Crippen LogP contribution in [0.1, 0.15) is 22.5 Å². The molecule has 0 aliphatic heterocycles. The molecule has 98 valence electrons. The Bertz CT molecular complexity index is 594. The smallest absolute Gasteiger partial charge is 0.151 e. The van der Waals surface area contributed by atoms with E-state index in [-0.39, 0.29) is 0 Å². The number of aromatic nitrogens is 3. The van der Waals surface area contributed by atoms with Crippen molar-refractivity contribution in [3.8, 4) is 6.07 Å². The molecule has 0 aliphatic carbocycles. The van der Waals surface area contributed by atoms with E-state index in [4.69, 9.17) is 5.26 Å². The van der Waals surface area contributed by atoms with Gasteiger partial charge in [0, 0.05) is 26.6 Å². The number of benzene rings is 1. The predicted octanol–water partition coefficient (Wildman–Crippen LogP) is 1.33. The first kappa shape index (κ1) is 13.2. The molecular weight excluding hydrogens is 238 g/mol. The van der Waals surface area contributed by atoms with Gasteiger partial charge >= 0.3 is 0 Å². The summed E-state index contributed by atoms with van der Waals surface area (Å²) >= 11 is 0. The van der Waals surface area contributed by atoms with Gasteiger partial charge in [-0.05, 0) is 30.2 Å². The van der Waals surface area contributed by atoms with Crippen molar-refractivity contribution in [3.05, 3.63) is 47.0 Å². The van der Waals surface area contributed by atoms with Gasteiger partial charge < -0.3 is 5.32 Å². The van der Waals surface area contributed by atoms with E-state index >= 15 is 0 Å². The SMILES string of the molecule is Cc1cc(C#N)ccc1CNCCc1ncn(C)n1. The molecule has 0 saturated heterocycles. The van der Waals surface area contributed by atoms with Crippen molar-refractivity contribution in [2.45, 2.75) is 19.9 Å². The van der Waals surface area contributed by atoms with E-state index in [0.29, 0.717) is 5.56 Å². The van der Waals surface area contributed by atoms with Crippen LogP contribution in [0.15, 0.2) is 24.5 Å². The van der Waals surface area contributed by atoms with E-state index < -0.39 is 0 Å². The lowest BCUT2D eigenvalue weighted by Crippen LogP contribution is -2.18. The summed E-state index contributed by atoms with van der Waals surface area (Å²) in [7, 11) is 1.87. The maximum absolute atomic E-state index is 8.81. The summed E-state index contributed by atoms with van der Waals surface area (Å²) in [6.45, 7) is 3.66. The van der Waals surface area contributed by atoms with Crippen molar-refractivity contribution < 1.29 is 0 Å². The van der Waals surface area contributed by atoms with Gasteiger partial charge in [-0.15, -0.1) is 0 Å². The van der Waals surface area contributed by atoms with E-state index in [1.165, 1.54) is 5.56 Å². The van der Waals surface area contributed by atoms with Gasteiger partial charge in [0.2, 0.25) is 0 Å². The molecule has 0 bridgehead atoms. The zero-order valence-corrected chi connectivity index (χ0v) is 11.2.